The lowest BCUT2D eigenvalue weighted by atomic mass is 10.1. The smallest absolute Gasteiger partial charge is 0.396 e. The Bertz CT molecular complexity index is 185. The summed E-state index contributed by atoms with van der Waals surface area (Å²) in [6, 6.07) is 0. The second kappa shape index (κ2) is 3.92. The zero-order chi connectivity index (χ0) is 11.6. The number of rotatable bonds is 4. The number of hydrogen-bond acceptors (Lipinski definition) is 1. The average Bonchev–Trinajstić information content (AvgIpc) is 1.80. The molecule has 0 fully saturated rings. The highest BCUT2D eigenvalue weighted by atomic mass is 19.4. The van der Waals surface area contributed by atoms with Crippen molar-refractivity contribution in [2.24, 2.45) is 0 Å². The van der Waals surface area contributed by atoms with E-state index in [9.17, 15) is 30.7 Å². The summed E-state index contributed by atoms with van der Waals surface area (Å²) >= 11 is 0. The van der Waals surface area contributed by atoms with E-state index in [1.165, 1.54) is 0 Å². The van der Waals surface area contributed by atoms with Gasteiger partial charge in [-0.15, -0.1) is 0 Å². The van der Waals surface area contributed by atoms with Gasteiger partial charge in [-0.25, -0.2) is 8.78 Å². The second-order valence-electron chi connectivity index (χ2n) is 2.71. The molecule has 14 heavy (non-hydrogen) atoms. The topological polar surface area (TPSA) is 20.2 Å². The molecular formula is C6H7F7O. The predicted molar refractivity (Wildman–Crippen MR) is 32.3 cm³/mol. The maximum atomic E-state index is 12.3. The molecule has 0 aliphatic rings. The van der Waals surface area contributed by atoms with Crippen LogP contribution in [0.4, 0.5) is 30.7 Å². The van der Waals surface area contributed by atoms with Gasteiger partial charge in [0.1, 0.15) is 0 Å². The van der Waals surface area contributed by atoms with Gasteiger partial charge >= 0.3 is 12.1 Å². The van der Waals surface area contributed by atoms with Crippen LogP contribution in [-0.2, 0) is 0 Å². The number of aliphatic hydroxyl groups is 1. The maximum absolute atomic E-state index is 12.3. The molecule has 0 saturated carbocycles. The van der Waals surface area contributed by atoms with Crippen molar-refractivity contribution in [1.29, 1.82) is 0 Å². The quantitative estimate of drug-likeness (QED) is 0.733. The van der Waals surface area contributed by atoms with Crippen LogP contribution >= 0.6 is 0 Å². The molecule has 0 saturated heterocycles. The molecule has 0 rings (SSSR count). The fraction of sp³-hybridized carbons (Fsp3) is 1.00. The second-order valence-corrected chi connectivity index (χ2v) is 2.71. The average molecular weight is 228 g/mol. The van der Waals surface area contributed by atoms with Crippen molar-refractivity contribution < 1.29 is 35.8 Å². The van der Waals surface area contributed by atoms with Gasteiger partial charge in [0.2, 0.25) is 0 Å². The highest BCUT2D eigenvalue weighted by molar-refractivity contribution is 4.83. The molecule has 0 aromatic carbocycles. The lowest BCUT2D eigenvalue weighted by Gasteiger charge is -2.24. The summed E-state index contributed by atoms with van der Waals surface area (Å²) in [4.78, 5) is 0. The van der Waals surface area contributed by atoms with Gasteiger partial charge in [-0.05, 0) is 0 Å². The van der Waals surface area contributed by atoms with Crippen LogP contribution in [0, 0.1) is 0 Å². The monoisotopic (exact) mass is 228 g/mol. The molecule has 0 unspecified atom stereocenters. The molecule has 0 atom stereocenters. The molecule has 86 valence electrons. The molecule has 0 amide bonds. The Morgan fingerprint density at radius 1 is 0.857 bits per heavy atom. The number of hydrogen-bond donors (Lipinski definition) is 1. The Balaban J connectivity index is 4.50. The van der Waals surface area contributed by atoms with Crippen LogP contribution in [0.25, 0.3) is 0 Å². The first-order valence-electron chi connectivity index (χ1n) is 3.45. The summed E-state index contributed by atoms with van der Waals surface area (Å²) in [6.07, 6.45) is -10.0. The molecule has 0 aliphatic heterocycles. The minimum absolute atomic E-state index is 1.15. The molecule has 0 radical (unpaired) electrons. The van der Waals surface area contributed by atoms with Gasteiger partial charge in [-0.1, -0.05) is 0 Å². The first kappa shape index (κ1) is 13.5. The number of halogens is 7. The Morgan fingerprint density at radius 3 is 1.57 bits per heavy atom. The number of alkyl halides is 7. The van der Waals surface area contributed by atoms with Gasteiger partial charge in [0.25, 0.3) is 5.92 Å². The summed E-state index contributed by atoms with van der Waals surface area (Å²) in [5.74, 6) is -9.67. The lowest BCUT2D eigenvalue weighted by Crippen LogP contribution is -2.42. The first-order valence-corrected chi connectivity index (χ1v) is 3.45. The highest BCUT2D eigenvalue weighted by Gasteiger charge is 2.61. The van der Waals surface area contributed by atoms with Gasteiger partial charge < -0.3 is 5.11 Å². The van der Waals surface area contributed by atoms with Crippen LogP contribution in [0.5, 0.6) is 0 Å². The summed E-state index contributed by atoms with van der Waals surface area (Å²) in [5.41, 5.74) is 0. The van der Waals surface area contributed by atoms with Gasteiger partial charge in [-0.3, -0.25) is 0 Å². The zero-order valence-corrected chi connectivity index (χ0v) is 6.71. The van der Waals surface area contributed by atoms with E-state index < -0.39 is 37.5 Å². The third kappa shape index (κ3) is 3.69. The summed E-state index contributed by atoms with van der Waals surface area (Å²) < 4.78 is 83.1. The minimum Gasteiger partial charge on any atom is -0.396 e. The van der Waals surface area contributed by atoms with E-state index in [1.54, 1.807) is 0 Å². The molecule has 1 nitrogen and oxygen atoms in total. The molecule has 8 heteroatoms. The van der Waals surface area contributed by atoms with E-state index in [0.29, 0.717) is 0 Å². The normalized spacial score (nSPS) is 14.6. The Labute approximate surface area is 74.5 Å². The van der Waals surface area contributed by atoms with E-state index in [4.69, 9.17) is 5.11 Å². The molecule has 0 aromatic rings. The SMILES string of the molecule is OCCC(F)(F)CC(F)(F)C(F)(F)F. The highest BCUT2D eigenvalue weighted by Crippen LogP contribution is 2.43. The summed E-state index contributed by atoms with van der Waals surface area (Å²) in [6.45, 7) is -1.15. The lowest BCUT2D eigenvalue weighted by molar-refractivity contribution is -0.301. The Hall–Kier alpha value is -0.530. The third-order valence-corrected chi connectivity index (χ3v) is 1.37. The van der Waals surface area contributed by atoms with Crippen molar-refractivity contribution in [1.82, 2.24) is 0 Å². The fourth-order valence-corrected chi connectivity index (χ4v) is 0.677. The van der Waals surface area contributed by atoms with Crippen molar-refractivity contribution >= 4 is 0 Å². The van der Waals surface area contributed by atoms with Crippen LogP contribution in [-0.4, -0.2) is 29.7 Å². The van der Waals surface area contributed by atoms with Crippen LogP contribution in [0.3, 0.4) is 0 Å². The van der Waals surface area contributed by atoms with Crippen molar-refractivity contribution in [2.45, 2.75) is 30.9 Å². The molecule has 1 N–H and O–H groups in total. The van der Waals surface area contributed by atoms with Gasteiger partial charge in [0.05, 0.1) is 6.42 Å². The first-order chi connectivity index (χ1) is 6.02. The van der Waals surface area contributed by atoms with E-state index in [1.807, 2.05) is 0 Å². The van der Waals surface area contributed by atoms with E-state index in [2.05, 4.69) is 0 Å². The summed E-state index contributed by atoms with van der Waals surface area (Å²) in [5, 5.41) is 8.00. The van der Waals surface area contributed by atoms with Crippen LogP contribution < -0.4 is 0 Å². The van der Waals surface area contributed by atoms with E-state index >= 15 is 0 Å². The molecular weight excluding hydrogens is 221 g/mol. The fourth-order valence-electron chi connectivity index (χ4n) is 0.677. The molecule has 0 aromatic heterocycles. The maximum Gasteiger partial charge on any atom is 0.453 e. The van der Waals surface area contributed by atoms with Crippen LogP contribution in [0.1, 0.15) is 12.8 Å². The van der Waals surface area contributed by atoms with E-state index in [-0.39, 0.29) is 0 Å². The predicted octanol–water partition coefficient (Wildman–Crippen LogP) is 2.59. The standard InChI is InChI=1S/C6H7F7O/c7-4(8,1-2-14)3-5(9,10)6(11,12)13/h14H,1-3H2. The van der Waals surface area contributed by atoms with Gasteiger partial charge in [-0.2, -0.15) is 22.0 Å². The minimum atomic E-state index is -5.99. The van der Waals surface area contributed by atoms with E-state index in [0.717, 1.165) is 0 Å². The third-order valence-electron chi connectivity index (χ3n) is 1.37. The molecule has 0 aliphatic carbocycles. The number of aliphatic hydroxyl groups excluding tert-OH is 1. The Morgan fingerprint density at radius 2 is 1.29 bits per heavy atom. The van der Waals surface area contributed by atoms with Crippen LogP contribution in [0.15, 0.2) is 0 Å². The van der Waals surface area contributed by atoms with Crippen molar-refractivity contribution in [3.05, 3.63) is 0 Å². The largest absolute Gasteiger partial charge is 0.453 e. The Kier molecular flexibility index (Phi) is 3.77. The van der Waals surface area contributed by atoms with Crippen molar-refractivity contribution in [3.8, 4) is 0 Å². The van der Waals surface area contributed by atoms with Crippen LogP contribution in [0.2, 0.25) is 0 Å². The van der Waals surface area contributed by atoms with Crippen molar-refractivity contribution in [3.63, 3.8) is 0 Å². The van der Waals surface area contributed by atoms with Crippen molar-refractivity contribution in [2.75, 3.05) is 6.61 Å². The zero-order valence-electron chi connectivity index (χ0n) is 6.71. The molecule has 0 heterocycles. The molecule has 0 spiro atoms. The van der Waals surface area contributed by atoms with Gasteiger partial charge in [0.15, 0.2) is 0 Å². The summed E-state index contributed by atoms with van der Waals surface area (Å²) in [7, 11) is 0. The van der Waals surface area contributed by atoms with Gasteiger partial charge in [0, 0.05) is 13.0 Å². The molecule has 0 bridgehead atoms.